The van der Waals surface area contributed by atoms with Crippen LogP contribution in [-0.2, 0) is 10.0 Å². The van der Waals surface area contributed by atoms with Crippen LogP contribution in [0.4, 0.5) is 4.39 Å². The van der Waals surface area contributed by atoms with Gasteiger partial charge in [-0.2, -0.15) is 4.31 Å². The standard InChI is InChI=1S/C18H19FN2O2S/c19-14-7-5-13(6-8-14)18-16-3-1-2-4-17(16)24(22,23)21(18)15-9-11-20-12-10-15/h1-8,15,18,20H,9-12H2. The highest BCUT2D eigenvalue weighted by molar-refractivity contribution is 7.89. The quantitative estimate of drug-likeness (QED) is 0.910. The molecule has 0 saturated carbocycles. The molecule has 126 valence electrons. The normalized spacial score (nSPS) is 24.0. The lowest BCUT2D eigenvalue weighted by atomic mass is 9.96. The molecule has 4 rings (SSSR count). The van der Waals surface area contributed by atoms with Gasteiger partial charge in [0.25, 0.3) is 0 Å². The van der Waals surface area contributed by atoms with E-state index in [1.54, 1.807) is 28.6 Å². The fourth-order valence-corrected chi connectivity index (χ4v) is 5.84. The Hall–Kier alpha value is -1.76. The highest BCUT2D eigenvalue weighted by Crippen LogP contribution is 2.45. The number of hydrogen-bond donors (Lipinski definition) is 1. The lowest BCUT2D eigenvalue weighted by molar-refractivity contribution is 0.239. The molecule has 2 aromatic carbocycles. The molecule has 1 fully saturated rings. The summed E-state index contributed by atoms with van der Waals surface area (Å²) in [4.78, 5) is 0.373. The Kier molecular flexibility index (Phi) is 3.90. The second kappa shape index (κ2) is 5.95. The first kappa shape index (κ1) is 15.7. The van der Waals surface area contributed by atoms with Crippen molar-refractivity contribution in [1.82, 2.24) is 9.62 Å². The molecule has 1 N–H and O–H groups in total. The van der Waals surface area contributed by atoms with Crippen LogP contribution in [0.3, 0.4) is 0 Å². The molecule has 0 bridgehead atoms. The number of piperidine rings is 1. The third kappa shape index (κ3) is 2.46. The van der Waals surface area contributed by atoms with E-state index in [0.29, 0.717) is 4.90 Å². The van der Waals surface area contributed by atoms with E-state index in [1.807, 2.05) is 12.1 Å². The van der Waals surface area contributed by atoms with Crippen molar-refractivity contribution in [3.05, 3.63) is 65.5 Å². The van der Waals surface area contributed by atoms with Crippen molar-refractivity contribution in [2.24, 2.45) is 0 Å². The molecule has 2 aliphatic heterocycles. The summed E-state index contributed by atoms with van der Waals surface area (Å²) in [6.45, 7) is 1.62. The first-order valence-corrected chi connectivity index (χ1v) is 9.62. The number of halogens is 1. The summed E-state index contributed by atoms with van der Waals surface area (Å²) in [5.41, 5.74) is 1.59. The number of nitrogens with zero attached hydrogens (tertiary/aromatic N) is 1. The van der Waals surface area contributed by atoms with Gasteiger partial charge in [0.15, 0.2) is 0 Å². The largest absolute Gasteiger partial charge is 0.317 e. The smallest absolute Gasteiger partial charge is 0.244 e. The van der Waals surface area contributed by atoms with E-state index in [2.05, 4.69) is 5.32 Å². The van der Waals surface area contributed by atoms with E-state index >= 15 is 0 Å². The molecule has 24 heavy (non-hydrogen) atoms. The first-order chi connectivity index (χ1) is 11.6. The highest BCUT2D eigenvalue weighted by Gasteiger charge is 2.46. The minimum atomic E-state index is -3.54. The number of sulfonamides is 1. The van der Waals surface area contributed by atoms with Gasteiger partial charge < -0.3 is 5.32 Å². The number of benzene rings is 2. The monoisotopic (exact) mass is 346 g/mol. The lowest BCUT2D eigenvalue weighted by Crippen LogP contribution is -2.45. The third-order valence-electron chi connectivity index (χ3n) is 4.88. The highest BCUT2D eigenvalue weighted by atomic mass is 32.2. The topological polar surface area (TPSA) is 49.4 Å². The van der Waals surface area contributed by atoms with Crippen LogP contribution in [0.1, 0.15) is 30.0 Å². The van der Waals surface area contributed by atoms with Gasteiger partial charge in [0.1, 0.15) is 5.82 Å². The van der Waals surface area contributed by atoms with Gasteiger partial charge in [-0.05, 0) is 55.3 Å². The van der Waals surface area contributed by atoms with Crippen LogP contribution >= 0.6 is 0 Å². The summed E-state index contributed by atoms with van der Waals surface area (Å²) in [6, 6.07) is 12.9. The third-order valence-corrected chi connectivity index (χ3v) is 6.87. The van der Waals surface area contributed by atoms with E-state index in [1.165, 1.54) is 12.1 Å². The van der Waals surface area contributed by atoms with Crippen molar-refractivity contribution in [2.45, 2.75) is 29.8 Å². The number of nitrogens with one attached hydrogen (secondary N) is 1. The zero-order valence-corrected chi connectivity index (χ0v) is 14.0. The van der Waals surface area contributed by atoms with Crippen LogP contribution in [0.5, 0.6) is 0 Å². The Balaban J connectivity index is 1.87. The van der Waals surface area contributed by atoms with Crippen molar-refractivity contribution >= 4 is 10.0 Å². The Morgan fingerprint density at radius 3 is 2.38 bits per heavy atom. The molecule has 1 atom stereocenters. The first-order valence-electron chi connectivity index (χ1n) is 8.18. The van der Waals surface area contributed by atoms with Crippen LogP contribution in [0.2, 0.25) is 0 Å². The molecule has 1 unspecified atom stereocenters. The molecule has 1 saturated heterocycles. The SMILES string of the molecule is O=S1(=O)c2ccccc2C(c2ccc(F)cc2)N1C1CCNCC1. The molecule has 0 aliphatic carbocycles. The lowest BCUT2D eigenvalue weighted by Gasteiger charge is -2.34. The van der Waals surface area contributed by atoms with E-state index < -0.39 is 10.0 Å². The van der Waals surface area contributed by atoms with Crippen LogP contribution in [0.25, 0.3) is 0 Å². The summed E-state index contributed by atoms with van der Waals surface area (Å²) in [7, 11) is -3.54. The van der Waals surface area contributed by atoms with Crippen LogP contribution < -0.4 is 5.32 Å². The number of rotatable bonds is 2. The zero-order valence-electron chi connectivity index (χ0n) is 13.2. The summed E-state index contributed by atoms with van der Waals surface area (Å²) in [5, 5.41) is 3.28. The Morgan fingerprint density at radius 1 is 1.00 bits per heavy atom. The van der Waals surface area contributed by atoms with Gasteiger partial charge in [-0.25, -0.2) is 12.8 Å². The van der Waals surface area contributed by atoms with E-state index in [9.17, 15) is 12.8 Å². The van der Waals surface area contributed by atoms with Crippen molar-refractivity contribution in [2.75, 3.05) is 13.1 Å². The van der Waals surface area contributed by atoms with Gasteiger partial charge >= 0.3 is 0 Å². The summed E-state index contributed by atoms with van der Waals surface area (Å²) < 4.78 is 41.3. The zero-order chi connectivity index (χ0) is 16.7. The predicted molar refractivity (Wildman–Crippen MR) is 89.6 cm³/mol. The predicted octanol–water partition coefficient (Wildman–Crippen LogP) is 2.67. The molecule has 0 amide bonds. The Morgan fingerprint density at radius 2 is 1.67 bits per heavy atom. The van der Waals surface area contributed by atoms with E-state index in [0.717, 1.165) is 37.1 Å². The van der Waals surface area contributed by atoms with Gasteiger partial charge in [0, 0.05) is 6.04 Å². The molecule has 0 spiro atoms. The minimum Gasteiger partial charge on any atom is -0.317 e. The maximum absolute atomic E-state index is 13.3. The van der Waals surface area contributed by atoms with Gasteiger partial charge in [0.2, 0.25) is 10.0 Å². The summed E-state index contributed by atoms with van der Waals surface area (Å²) >= 11 is 0. The maximum atomic E-state index is 13.3. The van der Waals surface area contributed by atoms with E-state index in [4.69, 9.17) is 0 Å². The van der Waals surface area contributed by atoms with Crippen molar-refractivity contribution in [3.63, 3.8) is 0 Å². The molecular weight excluding hydrogens is 327 g/mol. The van der Waals surface area contributed by atoms with E-state index in [-0.39, 0.29) is 17.9 Å². The summed E-state index contributed by atoms with van der Waals surface area (Å²) in [6.07, 6.45) is 1.57. The fourth-order valence-electron chi connectivity index (χ4n) is 3.77. The minimum absolute atomic E-state index is 0.0429. The Labute approximate surface area is 141 Å². The molecule has 4 nitrogen and oxygen atoms in total. The molecule has 0 aromatic heterocycles. The van der Waals surface area contributed by atoms with Crippen molar-refractivity contribution < 1.29 is 12.8 Å². The number of fused-ring (bicyclic) bond motifs is 1. The molecule has 2 aromatic rings. The van der Waals surface area contributed by atoms with Gasteiger partial charge in [-0.1, -0.05) is 30.3 Å². The van der Waals surface area contributed by atoms with Crippen LogP contribution in [0, 0.1) is 5.82 Å². The molecular formula is C18H19FN2O2S. The fraction of sp³-hybridized carbons (Fsp3) is 0.333. The average Bonchev–Trinajstić information content (AvgIpc) is 2.84. The molecule has 6 heteroatoms. The van der Waals surface area contributed by atoms with Crippen molar-refractivity contribution in [1.29, 1.82) is 0 Å². The van der Waals surface area contributed by atoms with Crippen molar-refractivity contribution in [3.8, 4) is 0 Å². The number of hydrogen-bond acceptors (Lipinski definition) is 3. The molecule has 2 aliphatic rings. The van der Waals surface area contributed by atoms with Gasteiger partial charge in [0.05, 0.1) is 10.9 Å². The molecule has 2 heterocycles. The molecule has 0 radical (unpaired) electrons. The van der Waals surface area contributed by atoms with Gasteiger partial charge in [-0.3, -0.25) is 0 Å². The maximum Gasteiger partial charge on any atom is 0.244 e. The van der Waals surface area contributed by atoms with Gasteiger partial charge in [-0.15, -0.1) is 0 Å². The summed E-state index contributed by atoms with van der Waals surface area (Å²) in [5.74, 6) is -0.318. The van der Waals surface area contributed by atoms with Crippen LogP contribution in [-0.4, -0.2) is 31.9 Å². The second-order valence-corrected chi connectivity index (χ2v) is 8.12. The van der Waals surface area contributed by atoms with Crippen LogP contribution in [0.15, 0.2) is 53.4 Å². The average molecular weight is 346 g/mol. The Bertz CT molecular complexity index is 846. The second-order valence-electron chi connectivity index (χ2n) is 6.31.